The minimum absolute atomic E-state index is 0.0341. The number of likely N-dealkylation sites (tertiary alicyclic amines) is 1. The van der Waals surface area contributed by atoms with E-state index in [1.807, 2.05) is 19.1 Å². The number of rotatable bonds is 3. The molecule has 2 N–H and O–H groups in total. The third-order valence-corrected chi connectivity index (χ3v) is 4.02. The number of piperidine rings is 1. The standard InChI is InChI=1S/C15H19ClN2O3/c1-10-4-3-7-18(13(10)14(19)20)15(21)17-9-11-5-2-6-12(16)8-11/h2,5-6,8,10,13H,3-4,7,9H2,1H3,(H,17,21)(H,19,20). The summed E-state index contributed by atoms with van der Waals surface area (Å²) >= 11 is 5.89. The quantitative estimate of drug-likeness (QED) is 0.902. The summed E-state index contributed by atoms with van der Waals surface area (Å²) in [6.07, 6.45) is 1.66. The summed E-state index contributed by atoms with van der Waals surface area (Å²) in [5, 5.41) is 12.7. The number of carboxylic acid groups (broad SMARTS) is 1. The Balaban J connectivity index is 2.00. The molecular weight excluding hydrogens is 292 g/mol. The predicted octanol–water partition coefficient (Wildman–Crippen LogP) is 2.73. The Bertz CT molecular complexity index is 535. The van der Waals surface area contributed by atoms with Crippen LogP contribution in [-0.4, -0.2) is 34.6 Å². The minimum atomic E-state index is -0.944. The summed E-state index contributed by atoms with van der Waals surface area (Å²) in [5.74, 6) is -0.978. The number of carbonyl (C=O) groups excluding carboxylic acids is 1. The average molecular weight is 311 g/mol. The molecule has 2 amide bonds. The van der Waals surface area contributed by atoms with Gasteiger partial charge < -0.3 is 15.3 Å². The fourth-order valence-corrected chi connectivity index (χ4v) is 2.93. The van der Waals surface area contributed by atoms with Crippen LogP contribution in [0, 0.1) is 5.92 Å². The number of nitrogens with zero attached hydrogens (tertiary/aromatic N) is 1. The molecule has 2 atom stereocenters. The fraction of sp³-hybridized carbons (Fsp3) is 0.467. The molecule has 1 aromatic rings. The van der Waals surface area contributed by atoms with Crippen molar-refractivity contribution in [1.29, 1.82) is 0 Å². The number of hydrogen-bond acceptors (Lipinski definition) is 2. The molecule has 0 radical (unpaired) electrons. The number of urea groups is 1. The number of amides is 2. The van der Waals surface area contributed by atoms with Gasteiger partial charge in [-0.1, -0.05) is 30.7 Å². The van der Waals surface area contributed by atoms with Gasteiger partial charge in [0.1, 0.15) is 6.04 Å². The molecule has 1 fully saturated rings. The van der Waals surface area contributed by atoms with E-state index in [1.165, 1.54) is 4.90 Å². The average Bonchev–Trinajstić information content (AvgIpc) is 2.44. The second-order valence-electron chi connectivity index (χ2n) is 5.38. The Morgan fingerprint density at radius 3 is 2.90 bits per heavy atom. The van der Waals surface area contributed by atoms with Crippen molar-refractivity contribution in [2.75, 3.05) is 6.54 Å². The van der Waals surface area contributed by atoms with Crippen molar-refractivity contribution in [2.45, 2.75) is 32.4 Å². The van der Waals surface area contributed by atoms with Crippen LogP contribution in [0.1, 0.15) is 25.3 Å². The van der Waals surface area contributed by atoms with E-state index in [9.17, 15) is 14.7 Å². The van der Waals surface area contributed by atoms with E-state index in [2.05, 4.69) is 5.32 Å². The third kappa shape index (κ3) is 3.88. The number of carbonyl (C=O) groups is 2. The summed E-state index contributed by atoms with van der Waals surface area (Å²) in [6, 6.07) is 6.12. The van der Waals surface area contributed by atoms with Crippen molar-refractivity contribution in [2.24, 2.45) is 5.92 Å². The van der Waals surface area contributed by atoms with E-state index < -0.39 is 12.0 Å². The van der Waals surface area contributed by atoms with Crippen LogP contribution in [0.3, 0.4) is 0 Å². The molecule has 0 aliphatic carbocycles. The molecule has 1 heterocycles. The summed E-state index contributed by atoms with van der Waals surface area (Å²) in [5.41, 5.74) is 0.882. The Morgan fingerprint density at radius 1 is 1.48 bits per heavy atom. The van der Waals surface area contributed by atoms with E-state index in [-0.39, 0.29) is 11.9 Å². The zero-order valence-electron chi connectivity index (χ0n) is 11.9. The van der Waals surface area contributed by atoms with Gasteiger partial charge in [0.05, 0.1) is 0 Å². The Hall–Kier alpha value is -1.75. The van der Waals surface area contributed by atoms with Crippen LogP contribution in [0.25, 0.3) is 0 Å². The number of carboxylic acids is 1. The van der Waals surface area contributed by atoms with Gasteiger partial charge in [0.25, 0.3) is 0 Å². The number of hydrogen-bond donors (Lipinski definition) is 2. The first kappa shape index (κ1) is 15.6. The molecule has 1 aliphatic rings. The second kappa shape index (κ2) is 6.80. The van der Waals surface area contributed by atoms with E-state index in [0.29, 0.717) is 18.1 Å². The van der Waals surface area contributed by atoms with Gasteiger partial charge in [-0.25, -0.2) is 9.59 Å². The van der Waals surface area contributed by atoms with Crippen molar-refractivity contribution in [3.8, 4) is 0 Å². The molecule has 0 spiro atoms. The van der Waals surface area contributed by atoms with Crippen LogP contribution < -0.4 is 5.32 Å². The molecule has 2 rings (SSSR count). The number of benzene rings is 1. The van der Waals surface area contributed by atoms with Crippen LogP contribution in [0.15, 0.2) is 24.3 Å². The van der Waals surface area contributed by atoms with Gasteiger partial charge in [-0.05, 0) is 36.5 Å². The maximum Gasteiger partial charge on any atom is 0.326 e. The number of nitrogens with one attached hydrogen (secondary N) is 1. The first-order valence-corrected chi connectivity index (χ1v) is 7.38. The maximum atomic E-state index is 12.2. The van der Waals surface area contributed by atoms with Crippen molar-refractivity contribution < 1.29 is 14.7 Å². The fourth-order valence-electron chi connectivity index (χ4n) is 2.72. The van der Waals surface area contributed by atoms with Crippen LogP contribution >= 0.6 is 11.6 Å². The van der Waals surface area contributed by atoms with Gasteiger partial charge >= 0.3 is 12.0 Å². The van der Waals surface area contributed by atoms with Crippen molar-refractivity contribution >= 4 is 23.6 Å². The van der Waals surface area contributed by atoms with Crippen LogP contribution in [-0.2, 0) is 11.3 Å². The molecule has 1 aliphatic heterocycles. The molecular formula is C15H19ClN2O3. The van der Waals surface area contributed by atoms with Gasteiger partial charge in [0.15, 0.2) is 0 Å². The first-order valence-electron chi connectivity index (χ1n) is 7.00. The molecule has 5 nitrogen and oxygen atoms in total. The maximum absolute atomic E-state index is 12.2. The largest absolute Gasteiger partial charge is 0.480 e. The molecule has 0 bridgehead atoms. The summed E-state index contributed by atoms with van der Waals surface area (Å²) in [7, 11) is 0. The lowest BCUT2D eigenvalue weighted by Gasteiger charge is -2.37. The summed E-state index contributed by atoms with van der Waals surface area (Å²) in [6.45, 7) is 2.68. The number of aliphatic carboxylic acids is 1. The highest BCUT2D eigenvalue weighted by molar-refractivity contribution is 6.30. The second-order valence-corrected chi connectivity index (χ2v) is 5.82. The predicted molar refractivity (Wildman–Crippen MR) is 80.2 cm³/mol. The van der Waals surface area contributed by atoms with Gasteiger partial charge in [-0.2, -0.15) is 0 Å². The Kier molecular flexibility index (Phi) is 5.07. The molecule has 0 saturated carbocycles. The van der Waals surface area contributed by atoms with Crippen molar-refractivity contribution in [3.05, 3.63) is 34.9 Å². The highest BCUT2D eigenvalue weighted by atomic mass is 35.5. The molecule has 1 aromatic carbocycles. The topological polar surface area (TPSA) is 69.6 Å². The van der Waals surface area contributed by atoms with Crippen LogP contribution in [0.2, 0.25) is 5.02 Å². The first-order chi connectivity index (χ1) is 9.99. The van der Waals surface area contributed by atoms with E-state index in [1.54, 1.807) is 12.1 Å². The smallest absolute Gasteiger partial charge is 0.326 e. The van der Waals surface area contributed by atoms with Crippen LogP contribution in [0.4, 0.5) is 4.79 Å². The lowest BCUT2D eigenvalue weighted by molar-refractivity contribution is -0.145. The zero-order chi connectivity index (χ0) is 15.4. The van der Waals surface area contributed by atoms with E-state index in [4.69, 9.17) is 11.6 Å². The lowest BCUT2D eigenvalue weighted by Crippen LogP contribution is -2.54. The molecule has 0 aromatic heterocycles. The zero-order valence-corrected chi connectivity index (χ0v) is 12.6. The Morgan fingerprint density at radius 2 is 2.24 bits per heavy atom. The SMILES string of the molecule is CC1CCCN(C(=O)NCc2cccc(Cl)c2)C1C(=O)O. The van der Waals surface area contributed by atoms with Gasteiger partial charge in [0.2, 0.25) is 0 Å². The summed E-state index contributed by atoms with van der Waals surface area (Å²) < 4.78 is 0. The van der Waals surface area contributed by atoms with Gasteiger partial charge in [0, 0.05) is 18.1 Å². The lowest BCUT2D eigenvalue weighted by atomic mass is 9.91. The van der Waals surface area contributed by atoms with Crippen LogP contribution in [0.5, 0.6) is 0 Å². The van der Waals surface area contributed by atoms with Gasteiger partial charge in [-0.15, -0.1) is 0 Å². The summed E-state index contributed by atoms with van der Waals surface area (Å²) in [4.78, 5) is 25.0. The van der Waals surface area contributed by atoms with Crippen molar-refractivity contribution in [1.82, 2.24) is 10.2 Å². The van der Waals surface area contributed by atoms with Crippen molar-refractivity contribution in [3.63, 3.8) is 0 Å². The van der Waals surface area contributed by atoms with E-state index in [0.717, 1.165) is 18.4 Å². The normalized spacial score (nSPS) is 21.9. The monoisotopic (exact) mass is 310 g/mol. The molecule has 114 valence electrons. The molecule has 2 unspecified atom stereocenters. The number of halogens is 1. The third-order valence-electron chi connectivity index (χ3n) is 3.78. The minimum Gasteiger partial charge on any atom is -0.480 e. The Labute approximate surface area is 128 Å². The van der Waals surface area contributed by atoms with E-state index >= 15 is 0 Å². The highest BCUT2D eigenvalue weighted by Crippen LogP contribution is 2.23. The van der Waals surface area contributed by atoms with Gasteiger partial charge in [-0.3, -0.25) is 0 Å². The molecule has 6 heteroatoms. The molecule has 1 saturated heterocycles. The highest BCUT2D eigenvalue weighted by Gasteiger charge is 2.36. The molecule has 21 heavy (non-hydrogen) atoms.